The summed E-state index contributed by atoms with van der Waals surface area (Å²) in [6.45, 7) is 4.09. The molecule has 7 atom stereocenters. The summed E-state index contributed by atoms with van der Waals surface area (Å²) in [5.74, 6) is -5.55. The number of amides is 8. The van der Waals surface area contributed by atoms with Crippen LogP contribution in [0.2, 0.25) is 0 Å². The molecule has 2 aromatic carbocycles. The molecule has 0 unspecified atom stereocenters. The zero-order valence-electron chi connectivity index (χ0n) is 34.3. The number of likely N-dealkylation sites (tertiary alicyclic amines) is 1. The molecule has 332 valence electrons. The van der Waals surface area contributed by atoms with Crippen LogP contribution in [-0.2, 0) is 44.8 Å². The first-order chi connectivity index (χ1) is 29.1. The largest absolute Gasteiger partial charge is 0.508 e. The Morgan fingerprint density at radius 2 is 1.51 bits per heavy atom. The van der Waals surface area contributed by atoms with Gasteiger partial charge in [0, 0.05) is 37.3 Å². The summed E-state index contributed by atoms with van der Waals surface area (Å²) in [4.78, 5) is 109. The van der Waals surface area contributed by atoms with Gasteiger partial charge in [0.1, 0.15) is 48.3 Å². The highest BCUT2D eigenvalue weighted by atomic mass is 33.1. The van der Waals surface area contributed by atoms with Gasteiger partial charge in [0.15, 0.2) is 0 Å². The van der Waals surface area contributed by atoms with E-state index in [0.717, 1.165) is 0 Å². The lowest BCUT2D eigenvalue weighted by molar-refractivity contribution is -0.138. The quantitative estimate of drug-likeness (QED) is 0.127. The number of hydrogen-bond acceptors (Lipinski definition) is 12. The fourth-order valence-electron chi connectivity index (χ4n) is 6.76. The molecule has 2 heterocycles. The van der Waals surface area contributed by atoms with Crippen molar-refractivity contribution in [1.82, 2.24) is 31.5 Å². The minimum absolute atomic E-state index is 0.00758. The molecule has 20 heteroatoms. The molecule has 2 saturated heterocycles. The number of nitrogens with two attached hydrogens (primary N) is 2. The summed E-state index contributed by atoms with van der Waals surface area (Å²) in [6.07, 6.45) is 0.384. The molecule has 2 aliphatic rings. The normalized spacial score (nSPS) is 24.2. The van der Waals surface area contributed by atoms with Crippen LogP contribution >= 0.6 is 21.6 Å². The van der Waals surface area contributed by atoms with Gasteiger partial charge >= 0.3 is 0 Å². The smallest absolute Gasteiger partial charge is 0.246 e. The number of phenolic OH excluding ortho intramolecular Hbond substituents is 1. The first-order valence-corrected chi connectivity index (χ1v) is 22.7. The van der Waals surface area contributed by atoms with E-state index >= 15 is 0 Å². The van der Waals surface area contributed by atoms with Gasteiger partial charge in [-0.2, -0.15) is 0 Å². The standard InChI is InChI=1S/C41H56N8O10S2/c1-3-24(2)36-40(57)45-29(15-16-33(42)51)37(54)46-31(21-34(43)52)38(55)47-32(41(58)49-18-7-8-26(49)22-59-28-9-5-4-6-10-28)23-61-60-19-17-35(53)44-30(39(56)48-36)20-25-11-13-27(50)14-12-25/h4-6,9-14,24,26,29-32,36,50H,3,7-8,15-23H2,1-2H3,(H2,42,51)(H2,43,52)(H,44,53)(H,45,57)(H,46,54)(H,47,55)(H,48,56)/t24-,26-,29-,30-,31-,32-,36-/m0/s1. The van der Waals surface area contributed by atoms with Crippen LogP contribution in [0.1, 0.15) is 64.4 Å². The Morgan fingerprint density at radius 1 is 0.836 bits per heavy atom. The second-order valence-corrected chi connectivity index (χ2v) is 17.7. The lowest BCUT2D eigenvalue weighted by atomic mass is 9.96. The third-order valence-corrected chi connectivity index (χ3v) is 12.8. The highest BCUT2D eigenvalue weighted by molar-refractivity contribution is 8.76. The third-order valence-electron chi connectivity index (χ3n) is 10.4. The Morgan fingerprint density at radius 3 is 2.18 bits per heavy atom. The number of ether oxygens (including phenoxy) is 1. The molecule has 61 heavy (non-hydrogen) atoms. The number of para-hydroxylation sites is 1. The molecule has 0 bridgehead atoms. The molecular weight excluding hydrogens is 829 g/mol. The van der Waals surface area contributed by atoms with Crippen molar-refractivity contribution in [2.24, 2.45) is 17.4 Å². The summed E-state index contributed by atoms with van der Waals surface area (Å²) in [5, 5.41) is 23.1. The highest BCUT2D eigenvalue weighted by Gasteiger charge is 2.38. The van der Waals surface area contributed by atoms with E-state index in [0.29, 0.717) is 37.1 Å². The summed E-state index contributed by atoms with van der Waals surface area (Å²) in [7, 11) is 2.48. The Labute approximate surface area is 362 Å². The van der Waals surface area contributed by atoms with E-state index in [1.165, 1.54) is 33.7 Å². The molecule has 8 amide bonds. The minimum atomic E-state index is -1.60. The van der Waals surface area contributed by atoms with Crippen molar-refractivity contribution in [2.75, 3.05) is 24.7 Å². The van der Waals surface area contributed by atoms with Crippen molar-refractivity contribution in [3.8, 4) is 11.5 Å². The number of rotatable bonds is 13. The predicted octanol–water partition coefficient (Wildman–Crippen LogP) is 0.401. The molecular formula is C41H56N8O10S2. The zero-order chi connectivity index (χ0) is 44.5. The van der Waals surface area contributed by atoms with E-state index in [4.69, 9.17) is 16.2 Å². The number of nitrogens with zero attached hydrogens (tertiary/aromatic N) is 1. The fraction of sp³-hybridized carbons (Fsp3) is 0.512. The molecule has 4 rings (SSSR count). The zero-order valence-corrected chi connectivity index (χ0v) is 35.9. The van der Waals surface area contributed by atoms with Crippen LogP contribution in [0, 0.1) is 5.92 Å². The van der Waals surface area contributed by atoms with Gasteiger partial charge in [-0.1, -0.05) is 72.2 Å². The van der Waals surface area contributed by atoms with E-state index < -0.39 is 89.8 Å². The van der Waals surface area contributed by atoms with Gasteiger partial charge in [0.05, 0.1) is 12.5 Å². The van der Waals surface area contributed by atoms with Crippen LogP contribution < -0.4 is 42.8 Å². The molecule has 0 spiro atoms. The third kappa shape index (κ3) is 15.5. The average Bonchev–Trinajstić information content (AvgIpc) is 3.71. The monoisotopic (exact) mass is 884 g/mol. The van der Waals surface area contributed by atoms with Crippen molar-refractivity contribution < 1.29 is 48.2 Å². The molecule has 18 nitrogen and oxygen atoms in total. The number of hydrogen-bond donors (Lipinski definition) is 8. The minimum Gasteiger partial charge on any atom is -0.508 e. The van der Waals surface area contributed by atoms with Crippen molar-refractivity contribution >= 4 is 68.8 Å². The summed E-state index contributed by atoms with van der Waals surface area (Å²) in [5.41, 5.74) is 11.5. The number of carbonyl (C=O) groups excluding carboxylic acids is 8. The number of primary amides is 2. The summed E-state index contributed by atoms with van der Waals surface area (Å²) in [6, 6.07) is 8.27. The number of nitrogens with one attached hydrogen (secondary N) is 5. The Kier molecular flexibility index (Phi) is 19.0. The molecule has 0 saturated carbocycles. The van der Waals surface area contributed by atoms with E-state index in [-0.39, 0.29) is 55.6 Å². The first-order valence-electron chi connectivity index (χ1n) is 20.2. The Bertz CT molecular complexity index is 1860. The molecule has 0 aromatic heterocycles. The van der Waals surface area contributed by atoms with Crippen LogP contribution in [0.15, 0.2) is 54.6 Å². The maximum atomic E-state index is 14.2. The fourth-order valence-corrected chi connectivity index (χ4v) is 8.91. The van der Waals surface area contributed by atoms with Gasteiger partial charge in [-0.05, 0) is 55.0 Å². The SMILES string of the molecule is CC[C@H](C)[C@@H]1NC(=O)[C@H](Cc2ccc(O)cc2)NC(=O)CCSSC[C@@H](C(=O)N2CCC[C@H]2COc2ccccc2)NC(=O)[C@H](CC(N)=O)NC(=O)[C@H](CCC(N)=O)NC1=O. The Balaban J connectivity index is 1.65. The topological polar surface area (TPSA) is 281 Å². The number of aromatic hydroxyl groups is 1. The van der Waals surface area contributed by atoms with Gasteiger partial charge in [-0.25, -0.2) is 0 Å². The number of carbonyl (C=O) groups is 8. The van der Waals surface area contributed by atoms with Crippen LogP contribution in [0.5, 0.6) is 11.5 Å². The number of phenols is 1. The Hall–Kier alpha value is -5.50. The highest BCUT2D eigenvalue weighted by Crippen LogP contribution is 2.26. The lowest BCUT2D eigenvalue weighted by Gasteiger charge is -2.31. The van der Waals surface area contributed by atoms with E-state index in [1.807, 2.05) is 18.2 Å². The van der Waals surface area contributed by atoms with Crippen LogP contribution in [-0.4, -0.2) is 118 Å². The van der Waals surface area contributed by atoms with Crippen molar-refractivity contribution in [3.05, 3.63) is 60.2 Å². The van der Waals surface area contributed by atoms with Gasteiger partial charge in [0.2, 0.25) is 47.3 Å². The van der Waals surface area contributed by atoms with Crippen LogP contribution in [0.3, 0.4) is 0 Å². The van der Waals surface area contributed by atoms with E-state index in [1.54, 1.807) is 43.0 Å². The molecule has 2 aliphatic heterocycles. The second-order valence-electron chi connectivity index (χ2n) is 15.0. The molecule has 0 aliphatic carbocycles. The summed E-state index contributed by atoms with van der Waals surface area (Å²) >= 11 is 0. The first kappa shape index (κ1) is 48.2. The van der Waals surface area contributed by atoms with Crippen LogP contribution in [0.4, 0.5) is 0 Å². The second kappa shape index (κ2) is 24.1. The van der Waals surface area contributed by atoms with Crippen molar-refractivity contribution in [2.45, 2.75) is 101 Å². The van der Waals surface area contributed by atoms with Crippen molar-refractivity contribution in [3.63, 3.8) is 0 Å². The maximum absolute atomic E-state index is 14.2. The average molecular weight is 885 g/mol. The van der Waals surface area contributed by atoms with Crippen molar-refractivity contribution in [1.29, 1.82) is 0 Å². The van der Waals surface area contributed by atoms with Gasteiger partial charge < -0.3 is 52.8 Å². The van der Waals surface area contributed by atoms with Crippen LogP contribution in [0.25, 0.3) is 0 Å². The summed E-state index contributed by atoms with van der Waals surface area (Å²) < 4.78 is 5.97. The van der Waals surface area contributed by atoms with Gasteiger partial charge in [-0.3, -0.25) is 38.4 Å². The lowest BCUT2D eigenvalue weighted by Crippen LogP contribution is -2.61. The van der Waals surface area contributed by atoms with E-state index in [9.17, 15) is 43.5 Å². The molecule has 2 aromatic rings. The van der Waals surface area contributed by atoms with Gasteiger partial charge in [-0.15, -0.1) is 0 Å². The van der Waals surface area contributed by atoms with Gasteiger partial charge in [0.25, 0.3) is 0 Å². The maximum Gasteiger partial charge on any atom is 0.246 e. The molecule has 10 N–H and O–H groups in total. The number of benzene rings is 2. The molecule has 2 fully saturated rings. The van der Waals surface area contributed by atoms with E-state index in [2.05, 4.69) is 26.6 Å². The predicted molar refractivity (Wildman–Crippen MR) is 229 cm³/mol. The molecule has 0 radical (unpaired) electrons.